The average molecular weight is 457 g/mol. The summed E-state index contributed by atoms with van der Waals surface area (Å²) in [6.45, 7) is 12.8. The molecule has 0 aromatic heterocycles. The third-order valence-corrected chi connectivity index (χ3v) is 9.98. The largest absolute Gasteiger partial charge is 0.507 e. The SMILES string of the molecule is COc1cc(C)c(O)c(CC=C(C)CC23OC(CC4(O)C2C2(C)CCCC24C)C(C)(C)O3)c1. The average Bonchev–Trinajstić information content (AvgIpc) is 3.11. The minimum atomic E-state index is -0.813. The fourth-order valence-electron chi connectivity index (χ4n) is 8.13. The van der Waals surface area contributed by atoms with Crippen LogP contribution in [0.25, 0.3) is 0 Å². The topological polar surface area (TPSA) is 68.2 Å². The Balaban J connectivity index is 1.46. The van der Waals surface area contributed by atoms with Crippen LogP contribution in [0, 0.1) is 23.7 Å². The van der Waals surface area contributed by atoms with E-state index in [0.29, 0.717) is 25.0 Å². The van der Waals surface area contributed by atoms with Crippen LogP contribution in [0.2, 0.25) is 0 Å². The number of fused-ring (bicyclic) bond motifs is 7. The Morgan fingerprint density at radius 1 is 1.21 bits per heavy atom. The summed E-state index contributed by atoms with van der Waals surface area (Å²) in [5.74, 6) is 0.205. The molecule has 4 aliphatic rings. The van der Waals surface area contributed by atoms with Gasteiger partial charge in [0, 0.05) is 29.7 Å². The first-order valence-electron chi connectivity index (χ1n) is 12.4. The maximum absolute atomic E-state index is 12.1. The highest BCUT2D eigenvalue weighted by Gasteiger charge is 2.85. The number of methoxy groups -OCH3 is 1. The van der Waals surface area contributed by atoms with Crippen LogP contribution in [0.1, 0.15) is 77.8 Å². The normalized spacial score (nSPS) is 43.1. The monoisotopic (exact) mass is 456 g/mol. The zero-order valence-electron chi connectivity index (χ0n) is 21.2. The van der Waals surface area contributed by atoms with Gasteiger partial charge in [0.15, 0.2) is 5.79 Å². The first kappa shape index (κ1) is 23.2. The van der Waals surface area contributed by atoms with E-state index in [1.165, 1.54) is 0 Å². The van der Waals surface area contributed by atoms with Gasteiger partial charge < -0.3 is 24.4 Å². The molecule has 0 amide bonds. The lowest BCUT2D eigenvalue weighted by atomic mass is 9.34. The van der Waals surface area contributed by atoms with E-state index in [1.54, 1.807) is 7.11 Å². The van der Waals surface area contributed by atoms with E-state index < -0.39 is 17.0 Å². The van der Waals surface area contributed by atoms with Crippen LogP contribution in [-0.4, -0.2) is 40.4 Å². The van der Waals surface area contributed by atoms with Crippen molar-refractivity contribution in [2.45, 2.75) is 103 Å². The number of aromatic hydroxyl groups is 1. The Kier molecular flexibility index (Phi) is 4.91. The van der Waals surface area contributed by atoms with Crippen molar-refractivity contribution in [3.05, 3.63) is 34.9 Å². The van der Waals surface area contributed by atoms with Crippen LogP contribution in [0.4, 0.5) is 0 Å². The highest BCUT2D eigenvalue weighted by molar-refractivity contribution is 5.46. The Bertz CT molecular complexity index is 1010. The maximum atomic E-state index is 12.1. The summed E-state index contributed by atoms with van der Waals surface area (Å²) in [5, 5.41) is 22.7. The maximum Gasteiger partial charge on any atom is 0.179 e. The van der Waals surface area contributed by atoms with E-state index in [4.69, 9.17) is 14.2 Å². The lowest BCUT2D eigenvalue weighted by molar-refractivity contribution is -0.407. The van der Waals surface area contributed by atoms with Crippen molar-refractivity contribution in [3.8, 4) is 11.5 Å². The number of ether oxygens (including phenoxy) is 3. The predicted octanol–water partition coefficient (Wildman–Crippen LogP) is 5.44. The molecule has 5 nitrogen and oxygen atoms in total. The molecule has 5 rings (SSSR count). The van der Waals surface area contributed by atoms with E-state index in [2.05, 4.69) is 40.7 Å². The number of aliphatic hydroxyl groups is 1. The minimum absolute atomic E-state index is 0.00952. The summed E-state index contributed by atoms with van der Waals surface area (Å²) in [6.07, 6.45) is 7.24. The second-order valence-corrected chi connectivity index (χ2v) is 12.2. The van der Waals surface area contributed by atoms with Crippen molar-refractivity contribution in [1.29, 1.82) is 0 Å². The molecule has 2 heterocycles. The molecular weight excluding hydrogens is 416 g/mol. The molecule has 2 aliphatic carbocycles. The number of allylic oxidation sites excluding steroid dienone is 1. The van der Waals surface area contributed by atoms with Gasteiger partial charge in [-0.15, -0.1) is 0 Å². The van der Waals surface area contributed by atoms with E-state index >= 15 is 0 Å². The second kappa shape index (κ2) is 6.99. The first-order chi connectivity index (χ1) is 15.3. The van der Waals surface area contributed by atoms with Crippen LogP contribution in [0.3, 0.4) is 0 Å². The Morgan fingerprint density at radius 2 is 1.94 bits per heavy atom. The standard InChI is InChI=1S/C28H40O5/c1-17(9-10-19-14-20(31-7)13-18(2)22(19)29)15-28-23-25(5)11-8-12-26(25,6)27(23,30)16-21(32-28)24(3,4)33-28/h9,13-14,21,23,29-30H,8,10-12,15-16H2,1-7H3. The predicted molar refractivity (Wildman–Crippen MR) is 127 cm³/mol. The zero-order chi connectivity index (χ0) is 24.0. The molecule has 2 saturated carbocycles. The van der Waals surface area contributed by atoms with Crippen LogP contribution in [0.15, 0.2) is 23.8 Å². The van der Waals surface area contributed by atoms with Crippen molar-refractivity contribution in [2.75, 3.05) is 7.11 Å². The fourth-order valence-corrected chi connectivity index (χ4v) is 8.13. The van der Waals surface area contributed by atoms with Gasteiger partial charge >= 0.3 is 0 Å². The van der Waals surface area contributed by atoms with Crippen molar-refractivity contribution in [2.24, 2.45) is 16.7 Å². The van der Waals surface area contributed by atoms with Gasteiger partial charge in [-0.05, 0) is 70.1 Å². The first-order valence-corrected chi connectivity index (χ1v) is 12.4. The van der Waals surface area contributed by atoms with Gasteiger partial charge in [-0.1, -0.05) is 31.9 Å². The summed E-state index contributed by atoms with van der Waals surface area (Å²) in [4.78, 5) is 0. The lowest BCUT2D eigenvalue weighted by Crippen LogP contribution is -2.80. The fraction of sp³-hybridized carbons (Fsp3) is 0.714. The molecule has 1 aromatic carbocycles. The molecule has 4 fully saturated rings. The zero-order valence-corrected chi connectivity index (χ0v) is 21.2. The molecule has 0 radical (unpaired) electrons. The highest BCUT2D eigenvalue weighted by Crippen LogP contribution is 2.81. The second-order valence-electron chi connectivity index (χ2n) is 12.2. The van der Waals surface area contributed by atoms with Gasteiger partial charge in [0.2, 0.25) is 0 Å². The summed E-state index contributed by atoms with van der Waals surface area (Å²) in [5.41, 5.74) is 1.54. The number of hydrogen-bond donors (Lipinski definition) is 2. The molecule has 182 valence electrons. The highest BCUT2D eigenvalue weighted by atomic mass is 16.8. The van der Waals surface area contributed by atoms with Crippen LogP contribution < -0.4 is 4.74 Å². The van der Waals surface area contributed by atoms with Gasteiger partial charge in [0.05, 0.1) is 24.4 Å². The number of benzene rings is 1. The molecule has 1 aromatic rings. The summed E-state index contributed by atoms with van der Waals surface area (Å²) in [6, 6.07) is 3.73. The molecule has 5 heteroatoms. The number of aryl methyl sites for hydroxylation is 1. The van der Waals surface area contributed by atoms with Gasteiger partial charge in [0.25, 0.3) is 0 Å². The molecular formula is C28H40O5. The molecule has 2 saturated heterocycles. The lowest BCUT2D eigenvalue weighted by Gasteiger charge is -2.74. The Morgan fingerprint density at radius 3 is 2.64 bits per heavy atom. The van der Waals surface area contributed by atoms with Gasteiger partial charge in [-0.25, -0.2) is 0 Å². The van der Waals surface area contributed by atoms with E-state index in [1.807, 2.05) is 19.1 Å². The van der Waals surface area contributed by atoms with E-state index in [-0.39, 0.29) is 22.9 Å². The van der Waals surface area contributed by atoms with Crippen molar-refractivity contribution >= 4 is 0 Å². The summed E-state index contributed by atoms with van der Waals surface area (Å²) in [7, 11) is 1.64. The summed E-state index contributed by atoms with van der Waals surface area (Å²) < 4.78 is 18.9. The van der Waals surface area contributed by atoms with Gasteiger partial charge in [-0.2, -0.15) is 0 Å². The molecule has 6 atom stereocenters. The number of phenolic OH excluding ortho intramolecular Hbond substituents is 1. The molecule has 2 bridgehead atoms. The molecule has 2 aliphatic heterocycles. The smallest absolute Gasteiger partial charge is 0.179 e. The van der Waals surface area contributed by atoms with Gasteiger partial charge in [0.1, 0.15) is 11.5 Å². The van der Waals surface area contributed by atoms with Gasteiger partial charge in [-0.3, -0.25) is 0 Å². The third-order valence-electron chi connectivity index (χ3n) is 9.98. The number of rotatable bonds is 5. The van der Waals surface area contributed by atoms with Crippen molar-refractivity contribution in [1.82, 2.24) is 0 Å². The Labute approximate surface area is 198 Å². The van der Waals surface area contributed by atoms with E-state index in [9.17, 15) is 10.2 Å². The number of hydrogen-bond acceptors (Lipinski definition) is 5. The summed E-state index contributed by atoms with van der Waals surface area (Å²) >= 11 is 0. The van der Waals surface area contributed by atoms with Crippen LogP contribution in [0.5, 0.6) is 11.5 Å². The van der Waals surface area contributed by atoms with Crippen molar-refractivity contribution in [3.63, 3.8) is 0 Å². The molecule has 6 unspecified atom stereocenters. The van der Waals surface area contributed by atoms with Crippen LogP contribution >= 0.6 is 0 Å². The van der Waals surface area contributed by atoms with Crippen LogP contribution in [-0.2, 0) is 15.9 Å². The third kappa shape index (κ3) is 2.88. The Hall–Kier alpha value is -1.56. The minimum Gasteiger partial charge on any atom is -0.507 e. The molecule has 2 N–H and O–H groups in total. The van der Waals surface area contributed by atoms with Crippen molar-refractivity contribution < 1.29 is 24.4 Å². The quantitative estimate of drug-likeness (QED) is 0.578. The molecule has 0 spiro atoms. The number of phenols is 1. The molecule has 33 heavy (non-hydrogen) atoms. The van der Waals surface area contributed by atoms with E-state index in [0.717, 1.165) is 41.7 Å².